The highest BCUT2D eigenvalue weighted by molar-refractivity contribution is 6.09. The highest BCUT2D eigenvalue weighted by Crippen LogP contribution is 2.46. The summed E-state index contributed by atoms with van der Waals surface area (Å²) in [5.74, 6) is 0.739. The Morgan fingerprint density at radius 2 is 0.893 bits per heavy atom. The molecule has 1 aliphatic rings. The summed E-state index contributed by atoms with van der Waals surface area (Å²) in [6, 6.07) is 71.7. The molecule has 11 rings (SSSR count). The SMILES string of the molecule is c1ccc(-c2cccc(-c3nc(-c4ccccc4)nc4c3Cc3cccc(-c5cccc(-c6cccc(-n7c8ccccc8c8ccccc87)c6)c5)c3-4)c2)cc1. The average molecular weight is 714 g/mol. The van der Waals surface area contributed by atoms with E-state index in [0.29, 0.717) is 0 Å². The molecule has 0 bridgehead atoms. The summed E-state index contributed by atoms with van der Waals surface area (Å²) in [5.41, 5.74) is 18.4. The lowest BCUT2D eigenvalue weighted by Crippen LogP contribution is -1.99. The highest BCUT2D eigenvalue weighted by Gasteiger charge is 2.29. The number of para-hydroxylation sites is 2. The summed E-state index contributed by atoms with van der Waals surface area (Å²) >= 11 is 0. The van der Waals surface area contributed by atoms with Crippen molar-refractivity contribution in [2.24, 2.45) is 0 Å². The Morgan fingerprint density at radius 1 is 0.375 bits per heavy atom. The van der Waals surface area contributed by atoms with Crippen molar-refractivity contribution in [3.05, 3.63) is 211 Å². The molecule has 0 N–H and O–H groups in total. The van der Waals surface area contributed by atoms with Crippen molar-refractivity contribution in [1.29, 1.82) is 0 Å². The number of rotatable bonds is 6. The van der Waals surface area contributed by atoms with Crippen LogP contribution < -0.4 is 0 Å². The smallest absolute Gasteiger partial charge is 0.160 e. The van der Waals surface area contributed by atoms with E-state index in [-0.39, 0.29) is 0 Å². The van der Waals surface area contributed by atoms with Gasteiger partial charge in [-0.2, -0.15) is 0 Å². The average Bonchev–Trinajstić information content (AvgIpc) is 3.83. The standard InChI is InChI=1S/C53H35N3/c1-3-15-35(16-4-1)37-19-12-24-42(32-37)51-47-34-41-23-14-28-44(50(41)52(47)55-53(54-51)36-17-5-2-6-18-36)40-22-11-20-38(31-40)39-21-13-25-43(33-39)56-48-29-9-7-26-45(48)46-27-8-10-30-49(46)56/h1-33H,34H2. The van der Waals surface area contributed by atoms with Crippen molar-refractivity contribution in [1.82, 2.24) is 14.5 Å². The van der Waals surface area contributed by atoms with Gasteiger partial charge in [0.2, 0.25) is 0 Å². The first-order valence-corrected chi connectivity index (χ1v) is 19.2. The molecule has 0 fully saturated rings. The third-order valence-electron chi connectivity index (χ3n) is 11.2. The molecular weight excluding hydrogens is 679 g/mol. The first-order chi connectivity index (χ1) is 27.8. The maximum absolute atomic E-state index is 5.37. The van der Waals surface area contributed by atoms with Crippen molar-refractivity contribution < 1.29 is 0 Å². The van der Waals surface area contributed by atoms with Gasteiger partial charge >= 0.3 is 0 Å². The van der Waals surface area contributed by atoms with E-state index in [0.717, 1.165) is 40.4 Å². The number of fused-ring (bicyclic) bond motifs is 6. The molecule has 262 valence electrons. The lowest BCUT2D eigenvalue weighted by atomic mass is 9.93. The Morgan fingerprint density at radius 3 is 1.62 bits per heavy atom. The molecule has 0 aliphatic heterocycles. The predicted molar refractivity (Wildman–Crippen MR) is 232 cm³/mol. The summed E-state index contributed by atoms with van der Waals surface area (Å²) in [7, 11) is 0. The second-order valence-electron chi connectivity index (χ2n) is 14.6. The van der Waals surface area contributed by atoms with Crippen LogP contribution in [0.2, 0.25) is 0 Å². The van der Waals surface area contributed by atoms with Gasteiger partial charge in [0.15, 0.2) is 5.82 Å². The Labute approximate surface area is 325 Å². The third-order valence-corrected chi connectivity index (χ3v) is 11.2. The summed E-state index contributed by atoms with van der Waals surface area (Å²) < 4.78 is 2.39. The zero-order chi connectivity index (χ0) is 37.0. The van der Waals surface area contributed by atoms with E-state index in [1.54, 1.807) is 0 Å². The molecule has 2 heterocycles. The molecule has 0 atom stereocenters. The van der Waals surface area contributed by atoms with Crippen molar-refractivity contribution in [2.75, 3.05) is 0 Å². The van der Waals surface area contributed by atoms with Crippen LogP contribution in [0, 0.1) is 0 Å². The van der Waals surface area contributed by atoms with Crippen LogP contribution in [0.5, 0.6) is 0 Å². The lowest BCUT2D eigenvalue weighted by Gasteiger charge is -2.14. The zero-order valence-corrected chi connectivity index (χ0v) is 30.6. The molecule has 0 unspecified atom stereocenters. The van der Waals surface area contributed by atoms with E-state index in [1.807, 2.05) is 6.07 Å². The third kappa shape index (κ3) is 5.36. The van der Waals surface area contributed by atoms with Gasteiger partial charge in [-0.3, -0.25) is 0 Å². The molecule has 3 heteroatoms. The topological polar surface area (TPSA) is 30.7 Å². The second-order valence-corrected chi connectivity index (χ2v) is 14.6. The molecule has 0 radical (unpaired) electrons. The van der Waals surface area contributed by atoms with Gasteiger partial charge in [0.1, 0.15) is 0 Å². The molecule has 8 aromatic carbocycles. The highest BCUT2D eigenvalue weighted by atomic mass is 15.0. The monoisotopic (exact) mass is 713 g/mol. The first kappa shape index (κ1) is 32.1. The Bertz CT molecular complexity index is 3050. The molecule has 0 amide bonds. The molecule has 10 aromatic rings. The number of hydrogen-bond acceptors (Lipinski definition) is 2. The summed E-state index contributed by atoms with van der Waals surface area (Å²) in [5, 5.41) is 2.53. The van der Waals surface area contributed by atoms with E-state index >= 15 is 0 Å². The fourth-order valence-corrected chi connectivity index (χ4v) is 8.64. The van der Waals surface area contributed by atoms with Crippen molar-refractivity contribution >= 4 is 21.8 Å². The van der Waals surface area contributed by atoms with Crippen LogP contribution in [0.15, 0.2) is 200 Å². The van der Waals surface area contributed by atoms with Crippen LogP contribution in [0.25, 0.3) is 94.8 Å². The number of aromatic nitrogens is 3. The van der Waals surface area contributed by atoms with Gasteiger partial charge in [0.05, 0.1) is 22.4 Å². The van der Waals surface area contributed by atoms with E-state index < -0.39 is 0 Å². The molecular formula is C53H35N3. The maximum Gasteiger partial charge on any atom is 0.160 e. The Balaban J connectivity index is 1.04. The Kier molecular flexibility index (Phi) is 7.56. The minimum absolute atomic E-state index is 0.739. The fourth-order valence-electron chi connectivity index (χ4n) is 8.64. The van der Waals surface area contributed by atoms with Crippen molar-refractivity contribution in [3.63, 3.8) is 0 Å². The van der Waals surface area contributed by atoms with Gasteiger partial charge in [-0.1, -0.05) is 164 Å². The van der Waals surface area contributed by atoms with Gasteiger partial charge < -0.3 is 4.57 Å². The summed E-state index contributed by atoms with van der Waals surface area (Å²) in [6.45, 7) is 0. The number of nitrogens with zero attached hydrogens (tertiary/aromatic N) is 3. The van der Waals surface area contributed by atoms with Crippen LogP contribution in [-0.2, 0) is 6.42 Å². The summed E-state index contributed by atoms with van der Waals surface area (Å²) in [6.07, 6.45) is 0.777. The molecule has 2 aromatic heterocycles. The maximum atomic E-state index is 5.37. The summed E-state index contributed by atoms with van der Waals surface area (Å²) in [4.78, 5) is 10.7. The largest absolute Gasteiger partial charge is 0.309 e. The van der Waals surface area contributed by atoms with E-state index in [1.165, 1.54) is 71.9 Å². The number of hydrogen-bond donors (Lipinski definition) is 0. The first-order valence-electron chi connectivity index (χ1n) is 19.2. The Hall–Kier alpha value is -7.36. The second kappa shape index (κ2) is 13.2. The molecule has 0 saturated heterocycles. The van der Waals surface area contributed by atoms with Gasteiger partial charge in [-0.25, -0.2) is 9.97 Å². The quantitative estimate of drug-likeness (QED) is 0.172. The predicted octanol–water partition coefficient (Wildman–Crippen LogP) is 13.5. The van der Waals surface area contributed by atoms with Crippen LogP contribution >= 0.6 is 0 Å². The van der Waals surface area contributed by atoms with Crippen molar-refractivity contribution in [2.45, 2.75) is 6.42 Å². The van der Waals surface area contributed by atoms with Gasteiger partial charge in [0.25, 0.3) is 0 Å². The van der Waals surface area contributed by atoms with Crippen LogP contribution in [0.1, 0.15) is 11.1 Å². The van der Waals surface area contributed by atoms with E-state index in [2.05, 4.69) is 199 Å². The molecule has 1 aliphatic carbocycles. The van der Waals surface area contributed by atoms with E-state index in [4.69, 9.17) is 9.97 Å². The van der Waals surface area contributed by atoms with Crippen LogP contribution in [0.3, 0.4) is 0 Å². The lowest BCUT2D eigenvalue weighted by molar-refractivity contribution is 1.13. The van der Waals surface area contributed by atoms with Gasteiger partial charge in [-0.05, 0) is 75.3 Å². The van der Waals surface area contributed by atoms with Gasteiger partial charge in [-0.15, -0.1) is 0 Å². The molecule has 0 saturated carbocycles. The minimum atomic E-state index is 0.739. The van der Waals surface area contributed by atoms with Gasteiger partial charge in [0, 0.05) is 45.1 Å². The van der Waals surface area contributed by atoms with E-state index in [9.17, 15) is 0 Å². The molecule has 3 nitrogen and oxygen atoms in total. The number of benzene rings is 8. The van der Waals surface area contributed by atoms with Crippen LogP contribution in [-0.4, -0.2) is 14.5 Å². The fraction of sp³-hybridized carbons (Fsp3) is 0.0189. The normalized spacial score (nSPS) is 11.9. The minimum Gasteiger partial charge on any atom is -0.309 e. The zero-order valence-electron chi connectivity index (χ0n) is 30.6. The molecule has 0 spiro atoms. The van der Waals surface area contributed by atoms with Crippen molar-refractivity contribution in [3.8, 4) is 73.0 Å². The molecule has 56 heavy (non-hydrogen) atoms. The van der Waals surface area contributed by atoms with Crippen LogP contribution in [0.4, 0.5) is 0 Å².